The number of aliphatic hydroxyl groups is 1. The monoisotopic (exact) mass is 573 g/mol. The lowest BCUT2D eigenvalue weighted by atomic mass is 9.46. The highest BCUT2D eigenvalue weighted by atomic mass is 16.5. The van der Waals surface area contributed by atoms with Gasteiger partial charge in [0, 0.05) is 30.6 Å². The van der Waals surface area contributed by atoms with Gasteiger partial charge in [0.2, 0.25) is 11.7 Å². The maximum absolute atomic E-state index is 13.7. The first-order chi connectivity index (χ1) is 19.2. The first-order valence-corrected chi connectivity index (χ1v) is 14.9. The van der Waals surface area contributed by atoms with Gasteiger partial charge in [0.05, 0.1) is 6.42 Å². The van der Waals surface area contributed by atoms with E-state index in [-0.39, 0.29) is 66.3 Å². The smallest absolute Gasteiger partial charge is 0.326 e. The van der Waals surface area contributed by atoms with Crippen molar-refractivity contribution in [3.05, 3.63) is 11.6 Å². The van der Waals surface area contributed by atoms with Crippen LogP contribution in [0.1, 0.15) is 91.9 Å². The van der Waals surface area contributed by atoms with E-state index in [9.17, 15) is 39.0 Å². The first kappa shape index (κ1) is 31.1. The second kappa shape index (κ2) is 11.4. The molecule has 0 saturated heterocycles. The predicted octanol–water partition coefficient (Wildman–Crippen LogP) is 2.94. The maximum atomic E-state index is 13.7. The number of aliphatic carboxylic acids is 1. The van der Waals surface area contributed by atoms with Gasteiger partial charge < -0.3 is 20.3 Å². The van der Waals surface area contributed by atoms with Crippen LogP contribution in [0, 0.1) is 34.5 Å². The summed E-state index contributed by atoms with van der Waals surface area (Å²) in [5.41, 5.74) is -2.13. The lowest BCUT2D eigenvalue weighted by Gasteiger charge is -2.57. The Bertz CT molecular complexity index is 1180. The number of allylic oxidation sites excluding steroid dienone is 1. The third kappa shape index (κ3) is 5.40. The summed E-state index contributed by atoms with van der Waals surface area (Å²) >= 11 is 0. The number of carbonyl (C=O) groups is 6. The molecule has 3 saturated carbocycles. The Kier molecular flexibility index (Phi) is 8.65. The molecule has 0 radical (unpaired) electrons. The third-order valence-corrected chi connectivity index (χ3v) is 11.0. The summed E-state index contributed by atoms with van der Waals surface area (Å²) in [6, 6.07) is -1.07. The fourth-order valence-corrected chi connectivity index (χ4v) is 8.33. The van der Waals surface area contributed by atoms with Crippen molar-refractivity contribution in [2.75, 3.05) is 6.61 Å². The Morgan fingerprint density at radius 1 is 1.10 bits per heavy atom. The molecule has 1 amide bonds. The van der Waals surface area contributed by atoms with Crippen molar-refractivity contribution in [3.8, 4) is 0 Å². The van der Waals surface area contributed by atoms with Gasteiger partial charge in [0.15, 0.2) is 12.4 Å². The van der Waals surface area contributed by atoms with Crippen molar-refractivity contribution < 1.29 is 43.7 Å². The van der Waals surface area contributed by atoms with Gasteiger partial charge in [0.1, 0.15) is 17.4 Å². The number of amides is 1. The number of ketones is 3. The van der Waals surface area contributed by atoms with Crippen LogP contribution in [0.2, 0.25) is 0 Å². The van der Waals surface area contributed by atoms with E-state index in [4.69, 9.17) is 4.74 Å². The molecule has 0 spiro atoms. The highest BCUT2D eigenvalue weighted by Crippen LogP contribution is 2.66. The minimum atomic E-state index is -1.82. The minimum absolute atomic E-state index is 0.00421. The van der Waals surface area contributed by atoms with E-state index in [0.29, 0.717) is 25.7 Å². The van der Waals surface area contributed by atoms with Crippen molar-refractivity contribution in [2.45, 2.75) is 104 Å². The molecule has 0 aromatic heterocycles. The van der Waals surface area contributed by atoms with Gasteiger partial charge in [-0.25, -0.2) is 4.79 Å². The quantitative estimate of drug-likeness (QED) is 0.333. The van der Waals surface area contributed by atoms with Crippen LogP contribution in [0.3, 0.4) is 0 Å². The van der Waals surface area contributed by atoms with Crippen LogP contribution < -0.4 is 5.32 Å². The van der Waals surface area contributed by atoms with Gasteiger partial charge in [-0.3, -0.25) is 24.0 Å². The van der Waals surface area contributed by atoms with Gasteiger partial charge in [-0.15, -0.1) is 0 Å². The summed E-state index contributed by atoms with van der Waals surface area (Å²) in [6.07, 6.45) is 4.96. The van der Waals surface area contributed by atoms with Gasteiger partial charge in [0.25, 0.3) is 0 Å². The second-order valence-electron chi connectivity index (χ2n) is 13.2. The summed E-state index contributed by atoms with van der Waals surface area (Å²) in [4.78, 5) is 75.1. The summed E-state index contributed by atoms with van der Waals surface area (Å²) in [7, 11) is 0. The Hall–Kier alpha value is -2.88. The Balaban J connectivity index is 1.37. The zero-order chi connectivity index (χ0) is 30.3. The van der Waals surface area contributed by atoms with Crippen molar-refractivity contribution in [1.29, 1.82) is 0 Å². The fourth-order valence-electron chi connectivity index (χ4n) is 8.33. The van der Waals surface area contributed by atoms with E-state index in [1.807, 2.05) is 6.92 Å². The van der Waals surface area contributed by atoms with Crippen LogP contribution in [0.25, 0.3) is 0 Å². The molecule has 0 bridgehead atoms. The topological polar surface area (TPSA) is 164 Å². The molecular formula is C31H43NO9. The van der Waals surface area contributed by atoms with E-state index in [1.165, 1.54) is 0 Å². The van der Waals surface area contributed by atoms with E-state index in [2.05, 4.69) is 12.2 Å². The zero-order valence-electron chi connectivity index (χ0n) is 24.5. The molecule has 8 atom stereocenters. The Morgan fingerprint density at radius 2 is 1.80 bits per heavy atom. The predicted molar refractivity (Wildman–Crippen MR) is 146 cm³/mol. The summed E-state index contributed by atoms with van der Waals surface area (Å²) in [5, 5.41) is 23.5. The molecule has 10 nitrogen and oxygen atoms in total. The average Bonchev–Trinajstić information content (AvgIpc) is 3.19. The van der Waals surface area contributed by atoms with Gasteiger partial charge in [-0.05, 0) is 61.3 Å². The number of hydrogen-bond donors (Lipinski definition) is 3. The zero-order valence-corrected chi connectivity index (χ0v) is 24.5. The van der Waals surface area contributed by atoms with Crippen molar-refractivity contribution in [1.82, 2.24) is 5.32 Å². The number of carboxylic acid groups (broad SMARTS) is 1. The lowest BCUT2D eigenvalue weighted by molar-refractivity contribution is -0.173. The number of hydrogen-bond acceptors (Lipinski definition) is 8. The first-order valence-electron chi connectivity index (χ1n) is 14.9. The molecule has 2 unspecified atom stereocenters. The molecule has 0 aromatic rings. The number of ether oxygens (including phenoxy) is 1. The molecule has 4 aliphatic carbocycles. The van der Waals surface area contributed by atoms with Crippen molar-refractivity contribution >= 4 is 35.2 Å². The minimum Gasteiger partial charge on any atom is -0.480 e. The highest BCUT2D eigenvalue weighted by Gasteiger charge is 2.68. The Morgan fingerprint density at radius 3 is 2.46 bits per heavy atom. The SMILES string of the molecule is CCC(C)C(NC(=O)CCC(=O)OCC(=O)[C@@]1(O)CC[C@H]2[C@@H]3CCC4=CC(=O)CC[C@]4(C)[C@H]3C(=O)C[C@@]21C)C(=O)O. The number of rotatable bonds is 10. The molecule has 3 N–H and O–H groups in total. The van der Waals surface area contributed by atoms with Gasteiger partial charge in [-0.2, -0.15) is 0 Å². The van der Waals surface area contributed by atoms with Crippen molar-refractivity contribution in [2.24, 2.45) is 34.5 Å². The molecule has 0 aromatic carbocycles. The molecular weight excluding hydrogens is 530 g/mol. The standard InChI is InChI=1S/C31H43NO9/c1-5-17(2)27(28(38)39)32-24(36)8-9-25(37)41-16-23(35)31(40)13-11-21-20-7-6-18-14-19(33)10-12-29(18,3)26(20)22(34)15-30(21,31)4/h14,17,20-21,26-27,40H,5-13,15-16H2,1-4H3,(H,32,36)(H,38,39)/t17?,20-,21-,26+,27?,29-,30-,31-/m0/s1. The van der Waals surface area contributed by atoms with E-state index < -0.39 is 47.3 Å². The van der Waals surface area contributed by atoms with Crippen LogP contribution >= 0.6 is 0 Å². The number of carboxylic acids is 1. The number of esters is 1. The van der Waals surface area contributed by atoms with E-state index in [0.717, 1.165) is 18.4 Å². The summed E-state index contributed by atoms with van der Waals surface area (Å²) in [6.45, 7) is 6.74. The molecule has 3 fully saturated rings. The number of Topliss-reactive ketones (excluding diaryl/α,β-unsaturated/α-hetero) is 2. The molecule has 0 heterocycles. The lowest BCUT2D eigenvalue weighted by Crippen LogP contribution is -2.61. The molecule has 226 valence electrons. The van der Waals surface area contributed by atoms with Crippen LogP contribution in [-0.2, 0) is 33.5 Å². The van der Waals surface area contributed by atoms with Crippen LogP contribution in [0.5, 0.6) is 0 Å². The maximum Gasteiger partial charge on any atom is 0.326 e. The normalized spacial score (nSPS) is 35.7. The molecule has 4 rings (SSSR count). The molecule has 0 aliphatic heterocycles. The molecule has 4 aliphatic rings. The van der Waals surface area contributed by atoms with E-state index >= 15 is 0 Å². The third-order valence-electron chi connectivity index (χ3n) is 11.0. The summed E-state index contributed by atoms with van der Waals surface area (Å²) < 4.78 is 5.14. The average molecular weight is 574 g/mol. The van der Waals surface area contributed by atoms with Crippen LogP contribution in [-0.4, -0.2) is 63.7 Å². The van der Waals surface area contributed by atoms with E-state index in [1.54, 1.807) is 19.9 Å². The molecule has 10 heteroatoms. The Labute approximate surface area is 240 Å². The second-order valence-corrected chi connectivity index (χ2v) is 13.2. The highest BCUT2D eigenvalue weighted by molar-refractivity contribution is 5.95. The fraction of sp³-hybridized carbons (Fsp3) is 0.742. The number of nitrogens with one attached hydrogen (secondary N) is 1. The number of carbonyl (C=O) groups excluding carboxylic acids is 5. The van der Waals surface area contributed by atoms with Gasteiger partial charge in [-0.1, -0.05) is 39.7 Å². The largest absolute Gasteiger partial charge is 0.480 e. The number of fused-ring (bicyclic) bond motifs is 5. The van der Waals surface area contributed by atoms with Gasteiger partial charge >= 0.3 is 11.9 Å². The van der Waals surface area contributed by atoms with Crippen molar-refractivity contribution in [3.63, 3.8) is 0 Å². The summed E-state index contributed by atoms with van der Waals surface area (Å²) in [5.74, 6) is -3.68. The van der Waals surface area contributed by atoms with Crippen LogP contribution in [0.4, 0.5) is 0 Å². The molecule has 41 heavy (non-hydrogen) atoms. The van der Waals surface area contributed by atoms with Crippen LogP contribution in [0.15, 0.2) is 11.6 Å².